The van der Waals surface area contributed by atoms with Crippen LogP contribution in [0.25, 0.3) is 0 Å². The average Bonchev–Trinajstić information content (AvgIpc) is 2.35. The fraction of sp³-hybridized carbons (Fsp3) is 0.538. The molecule has 0 heterocycles. The monoisotopic (exact) mass is 357 g/mol. The molecule has 0 amide bonds. The summed E-state index contributed by atoms with van der Waals surface area (Å²) in [6, 6.07) is 2.74. The molecule has 0 bridgehead atoms. The van der Waals surface area contributed by atoms with Crippen LogP contribution in [0.15, 0.2) is 17.0 Å². The first-order chi connectivity index (χ1) is 9.25. The summed E-state index contributed by atoms with van der Waals surface area (Å²) < 4.78 is 26.9. The fourth-order valence-corrected chi connectivity index (χ4v) is 4.73. The maximum Gasteiger partial charge on any atom is 0.244 e. The Hall–Kier alpha value is -0.000000000000000111. The summed E-state index contributed by atoms with van der Waals surface area (Å²) in [6.07, 6.45) is 0.727. The molecule has 0 atom stereocenters. The third kappa shape index (κ3) is 3.80. The summed E-state index contributed by atoms with van der Waals surface area (Å²) in [6.45, 7) is 6.03. The van der Waals surface area contributed by atoms with Crippen LogP contribution < -0.4 is 0 Å². The van der Waals surface area contributed by atoms with E-state index in [2.05, 4.69) is 0 Å². The molecule has 0 aromatic heterocycles. The van der Waals surface area contributed by atoms with Gasteiger partial charge in [-0.1, -0.05) is 30.1 Å². The first kappa shape index (κ1) is 18.1. The Morgan fingerprint density at radius 3 is 2.25 bits per heavy atom. The van der Waals surface area contributed by atoms with Gasteiger partial charge in [-0.3, -0.25) is 0 Å². The van der Waals surface area contributed by atoms with Gasteiger partial charge in [0.2, 0.25) is 10.0 Å². The average molecular weight is 359 g/mol. The summed E-state index contributed by atoms with van der Waals surface area (Å²) in [5.74, 6) is 0.133. The highest BCUT2D eigenvalue weighted by Crippen LogP contribution is 2.32. The van der Waals surface area contributed by atoms with Crippen LogP contribution in [0.2, 0.25) is 10.0 Å². The zero-order valence-electron chi connectivity index (χ0n) is 11.7. The van der Waals surface area contributed by atoms with Crippen LogP contribution in [0, 0.1) is 0 Å². The van der Waals surface area contributed by atoms with Crippen LogP contribution in [0.5, 0.6) is 0 Å². The van der Waals surface area contributed by atoms with Gasteiger partial charge in [0.1, 0.15) is 4.90 Å². The molecular weight excluding hydrogens is 341 g/mol. The normalized spacial score (nSPS) is 12.4. The van der Waals surface area contributed by atoms with Gasteiger partial charge in [-0.15, -0.1) is 11.6 Å². The van der Waals surface area contributed by atoms with Crippen LogP contribution in [0.3, 0.4) is 0 Å². The maximum absolute atomic E-state index is 12.7. The van der Waals surface area contributed by atoms with Gasteiger partial charge in [-0.2, -0.15) is 4.31 Å². The fourth-order valence-electron chi connectivity index (χ4n) is 1.87. The van der Waals surface area contributed by atoms with Gasteiger partial charge in [0.25, 0.3) is 0 Å². The van der Waals surface area contributed by atoms with Crippen LogP contribution in [0.1, 0.15) is 32.8 Å². The Morgan fingerprint density at radius 2 is 1.80 bits per heavy atom. The highest BCUT2D eigenvalue weighted by molar-refractivity contribution is 7.89. The number of hydrogen-bond acceptors (Lipinski definition) is 2. The van der Waals surface area contributed by atoms with Gasteiger partial charge >= 0.3 is 0 Å². The topological polar surface area (TPSA) is 37.4 Å². The molecule has 0 unspecified atom stereocenters. The third-order valence-corrected chi connectivity index (χ3v) is 6.03. The molecule has 0 radical (unpaired) electrons. The molecule has 0 saturated carbocycles. The van der Waals surface area contributed by atoms with E-state index in [9.17, 15) is 8.42 Å². The van der Waals surface area contributed by atoms with Gasteiger partial charge < -0.3 is 0 Å². The predicted octanol–water partition coefficient (Wildman–Crippen LogP) is 4.54. The molecule has 7 heteroatoms. The Kier molecular flexibility index (Phi) is 6.61. The van der Waals surface area contributed by atoms with Crippen molar-refractivity contribution >= 4 is 44.8 Å². The van der Waals surface area contributed by atoms with Gasteiger partial charge in [0.15, 0.2) is 0 Å². The third-order valence-electron chi connectivity index (χ3n) is 2.85. The van der Waals surface area contributed by atoms with Crippen molar-refractivity contribution in [3.63, 3.8) is 0 Å². The first-order valence-corrected chi connectivity index (χ1v) is 9.04. The minimum Gasteiger partial charge on any atom is -0.207 e. The molecule has 0 fully saturated rings. The molecule has 20 heavy (non-hydrogen) atoms. The van der Waals surface area contributed by atoms with Gasteiger partial charge in [0.05, 0.1) is 5.02 Å². The van der Waals surface area contributed by atoms with Crippen molar-refractivity contribution in [3.05, 3.63) is 27.7 Å². The minimum absolute atomic E-state index is 0.0568. The molecule has 1 aromatic rings. The summed E-state index contributed by atoms with van der Waals surface area (Å²) in [5.41, 5.74) is 0.552. The van der Waals surface area contributed by atoms with E-state index >= 15 is 0 Å². The van der Waals surface area contributed by atoms with Crippen molar-refractivity contribution in [1.82, 2.24) is 4.31 Å². The molecule has 0 aliphatic rings. The van der Waals surface area contributed by atoms with E-state index in [1.807, 2.05) is 20.8 Å². The number of halogens is 3. The Balaban J connectivity index is 3.40. The largest absolute Gasteiger partial charge is 0.244 e. The SMILES string of the molecule is CCCN(C(C)C)S(=O)(=O)c1cc(CCl)c(Cl)cc1Cl. The highest BCUT2D eigenvalue weighted by atomic mass is 35.5. The van der Waals surface area contributed by atoms with Gasteiger partial charge in [0, 0.05) is 23.5 Å². The summed E-state index contributed by atoms with van der Waals surface area (Å²) in [7, 11) is -3.66. The quantitative estimate of drug-likeness (QED) is 0.700. The molecular formula is C13H18Cl3NO2S. The molecule has 1 rings (SSSR count). The zero-order valence-corrected chi connectivity index (χ0v) is 14.7. The predicted molar refractivity (Wildman–Crippen MR) is 85.3 cm³/mol. The second-order valence-electron chi connectivity index (χ2n) is 4.72. The Labute approximate surface area is 135 Å². The maximum atomic E-state index is 12.7. The first-order valence-electron chi connectivity index (χ1n) is 6.31. The van der Waals surface area contributed by atoms with Crippen LogP contribution in [-0.4, -0.2) is 25.3 Å². The van der Waals surface area contributed by atoms with E-state index in [-0.39, 0.29) is 21.8 Å². The molecule has 114 valence electrons. The van der Waals surface area contributed by atoms with Crippen molar-refractivity contribution < 1.29 is 8.42 Å². The lowest BCUT2D eigenvalue weighted by molar-refractivity contribution is 0.354. The van der Waals surface area contributed by atoms with Gasteiger partial charge in [-0.05, 0) is 38.0 Å². The lowest BCUT2D eigenvalue weighted by Gasteiger charge is -2.26. The highest BCUT2D eigenvalue weighted by Gasteiger charge is 2.29. The summed E-state index contributed by atoms with van der Waals surface area (Å²) in [4.78, 5) is 0.0568. The molecule has 3 nitrogen and oxygen atoms in total. The molecule has 0 saturated heterocycles. The number of rotatable bonds is 6. The number of nitrogens with zero attached hydrogens (tertiary/aromatic N) is 1. The van der Waals surface area contributed by atoms with Crippen molar-refractivity contribution in [1.29, 1.82) is 0 Å². The van der Waals surface area contributed by atoms with Crippen molar-refractivity contribution in [3.8, 4) is 0 Å². The lowest BCUT2D eigenvalue weighted by Crippen LogP contribution is -2.37. The minimum atomic E-state index is -3.66. The van der Waals surface area contributed by atoms with Gasteiger partial charge in [-0.25, -0.2) is 8.42 Å². The summed E-state index contributed by atoms with van der Waals surface area (Å²) in [5, 5.41) is 0.487. The van der Waals surface area contributed by atoms with E-state index in [0.29, 0.717) is 17.1 Å². The van der Waals surface area contributed by atoms with Crippen molar-refractivity contribution in [2.75, 3.05) is 6.54 Å². The number of hydrogen-bond donors (Lipinski definition) is 0. The van der Waals surface area contributed by atoms with E-state index < -0.39 is 10.0 Å². The lowest BCUT2D eigenvalue weighted by atomic mass is 10.2. The second-order valence-corrected chi connectivity index (χ2v) is 7.66. The number of alkyl halides is 1. The Bertz CT molecular complexity index is 573. The number of benzene rings is 1. The molecule has 0 N–H and O–H groups in total. The molecule has 0 aliphatic heterocycles. The van der Waals surface area contributed by atoms with Crippen LogP contribution >= 0.6 is 34.8 Å². The Morgan fingerprint density at radius 1 is 1.20 bits per heavy atom. The van der Waals surface area contributed by atoms with E-state index in [1.54, 1.807) is 0 Å². The van der Waals surface area contributed by atoms with E-state index in [1.165, 1.54) is 16.4 Å². The standard InChI is InChI=1S/C13H18Cl3NO2S/c1-4-5-17(9(2)3)20(18,19)13-6-10(8-14)11(15)7-12(13)16/h6-7,9H,4-5,8H2,1-3H3. The van der Waals surface area contributed by atoms with E-state index in [0.717, 1.165) is 6.42 Å². The zero-order chi connectivity index (χ0) is 15.5. The molecule has 1 aromatic carbocycles. The smallest absolute Gasteiger partial charge is 0.207 e. The van der Waals surface area contributed by atoms with E-state index in [4.69, 9.17) is 34.8 Å². The van der Waals surface area contributed by atoms with Crippen molar-refractivity contribution in [2.45, 2.75) is 44.0 Å². The number of sulfonamides is 1. The van der Waals surface area contributed by atoms with Crippen LogP contribution in [0.4, 0.5) is 0 Å². The van der Waals surface area contributed by atoms with Crippen molar-refractivity contribution in [2.24, 2.45) is 0 Å². The summed E-state index contributed by atoms with van der Waals surface area (Å²) >= 11 is 17.8. The molecule has 0 aliphatic carbocycles. The second kappa shape index (κ2) is 7.32. The molecule has 0 spiro atoms. The van der Waals surface area contributed by atoms with Crippen LogP contribution in [-0.2, 0) is 15.9 Å².